The first-order chi connectivity index (χ1) is 5.33. The molecule has 1 aliphatic carbocycles. The minimum Gasteiger partial charge on any atom is -0.327 e. The fraction of sp³-hybridized carbons (Fsp3) is 0.800. The first kappa shape index (κ1) is 8.79. The standard InChI is InChI=1S/C10H19N/c1-9-3-2-4-10(6-5-9)7-8-11/h7,9H,2-6,8,11H2,1H3/b10-7+. The summed E-state index contributed by atoms with van der Waals surface area (Å²) in [5.74, 6) is 0.929. The Kier molecular flexibility index (Phi) is 3.64. The fourth-order valence-electron chi connectivity index (χ4n) is 1.75. The van der Waals surface area contributed by atoms with Gasteiger partial charge in [0.25, 0.3) is 0 Å². The van der Waals surface area contributed by atoms with Crippen LogP contribution in [0.2, 0.25) is 0 Å². The number of hydrogen-bond acceptors (Lipinski definition) is 1. The van der Waals surface area contributed by atoms with Gasteiger partial charge in [0.1, 0.15) is 0 Å². The van der Waals surface area contributed by atoms with Gasteiger partial charge >= 0.3 is 0 Å². The van der Waals surface area contributed by atoms with Crippen molar-refractivity contribution in [1.82, 2.24) is 0 Å². The van der Waals surface area contributed by atoms with Crippen LogP contribution in [0.25, 0.3) is 0 Å². The van der Waals surface area contributed by atoms with Gasteiger partial charge in [0.05, 0.1) is 0 Å². The molecule has 0 heterocycles. The van der Waals surface area contributed by atoms with Crippen LogP contribution in [0.3, 0.4) is 0 Å². The van der Waals surface area contributed by atoms with Gasteiger partial charge in [0, 0.05) is 6.54 Å². The molecular weight excluding hydrogens is 134 g/mol. The zero-order chi connectivity index (χ0) is 8.10. The highest BCUT2D eigenvalue weighted by Crippen LogP contribution is 2.25. The lowest BCUT2D eigenvalue weighted by Gasteiger charge is -2.03. The summed E-state index contributed by atoms with van der Waals surface area (Å²) in [5.41, 5.74) is 7.06. The van der Waals surface area contributed by atoms with Crippen molar-refractivity contribution in [3.05, 3.63) is 11.6 Å². The Bertz CT molecular complexity index is 138. The van der Waals surface area contributed by atoms with Gasteiger partial charge in [-0.2, -0.15) is 0 Å². The van der Waals surface area contributed by atoms with Crippen molar-refractivity contribution < 1.29 is 0 Å². The monoisotopic (exact) mass is 153 g/mol. The molecule has 0 aromatic heterocycles. The van der Waals surface area contributed by atoms with E-state index in [0.29, 0.717) is 0 Å². The van der Waals surface area contributed by atoms with Crippen molar-refractivity contribution >= 4 is 0 Å². The topological polar surface area (TPSA) is 26.0 Å². The quantitative estimate of drug-likeness (QED) is 0.454. The third kappa shape index (κ3) is 3.06. The second-order valence-electron chi connectivity index (χ2n) is 3.63. The van der Waals surface area contributed by atoms with Gasteiger partial charge < -0.3 is 5.73 Å². The molecule has 2 N–H and O–H groups in total. The molecule has 1 saturated carbocycles. The molecule has 0 aliphatic heterocycles. The third-order valence-electron chi connectivity index (χ3n) is 2.56. The molecule has 64 valence electrons. The Balaban J connectivity index is 2.40. The second-order valence-corrected chi connectivity index (χ2v) is 3.63. The molecule has 0 amide bonds. The average Bonchev–Trinajstić information content (AvgIpc) is 2.17. The minimum atomic E-state index is 0.726. The third-order valence-corrected chi connectivity index (χ3v) is 2.56. The van der Waals surface area contributed by atoms with Crippen LogP contribution >= 0.6 is 0 Å². The first-order valence-electron chi connectivity index (χ1n) is 4.71. The van der Waals surface area contributed by atoms with Gasteiger partial charge in [-0.3, -0.25) is 0 Å². The van der Waals surface area contributed by atoms with E-state index >= 15 is 0 Å². The van der Waals surface area contributed by atoms with Gasteiger partial charge in [-0.1, -0.05) is 25.0 Å². The number of rotatable bonds is 1. The van der Waals surface area contributed by atoms with Crippen LogP contribution < -0.4 is 5.73 Å². The molecule has 0 spiro atoms. The molecule has 0 saturated heterocycles. The Morgan fingerprint density at radius 1 is 1.45 bits per heavy atom. The lowest BCUT2D eigenvalue weighted by molar-refractivity contribution is 0.507. The lowest BCUT2D eigenvalue weighted by atomic mass is 10.0. The first-order valence-corrected chi connectivity index (χ1v) is 4.71. The summed E-state index contributed by atoms with van der Waals surface area (Å²) in [5, 5.41) is 0. The van der Waals surface area contributed by atoms with E-state index in [0.717, 1.165) is 12.5 Å². The highest BCUT2D eigenvalue weighted by molar-refractivity contribution is 5.04. The maximum absolute atomic E-state index is 5.47. The van der Waals surface area contributed by atoms with E-state index < -0.39 is 0 Å². The molecular formula is C10H19N. The smallest absolute Gasteiger partial charge is 0.0109 e. The number of nitrogens with two attached hydrogens (primary N) is 1. The highest BCUT2D eigenvalue weighted by Gasteiger charge is 2.09. The maximum Gasteiger partial charge on any atom is 0.0109 e. The zero-order valence-corrected chi connectivity index (χ0v) is 7.47. The molecule has 0 radical (unpaired) electrons. The Labute approximate surface area is 69.7 Å². The average molecular weight is 153 g/mol. The summed E-state index contributed by atoms with van der Waals surface area (Å²) in [6.07, 6.45) is 8.93. The van der Waals surface area contributed by atoms with Crippen LogP contribution in [-0.4, -0.2) is 6.54 Å². The van der Waals surface area contributed by atoms with Crippen molar-refractivity contribution in [2.75, 3.05) is 6.54 Å². The normalized spacial score (nSPS) is 30.4. The predicted molar refractivity (Wildman–Crippen MR) is 49.4 cm³/mol. The summed E-state index contributed by atoms with van der Waals surface area (Å²) in [6.45, 7) is 3.08. The van der Waals surface area contributed by atoms with E-state index in [1.54, 1.807) is 5.57 Å². The maximum atomic E-state index is 5.47. The van der Waals surface area contributed by atoms with E-state index in [1.807, 2.05) is 0 Å². The van der Waals surface area contributed by atoms with Crippen LogP contribution in [0.1, 0.15) is 39.0 Å². The molecule has 11 heavy (non-hydrogen) atoms. The summed E-state index contributed by atoms with van der Waals surface area (Å²) < 4.78 is 0. The summed E-state index contributed by atoms with van der Waals surface area (Å²) in [7, 11) is 0. The van der Waals surface area contributed by atoms with E-state index in [1.165, 1.54) is 32.1 Å². The van der Waals surface area contributed by atoms with Gasteiger partial charge in [0.15, 0.2) is 0 Å². The predicted octanol–water partition coefficient (Wildman–Crippen LogP) is 2.47. The van der Waals surface area contributed by atoms with Gasteiger partial charge in [-0.25, -0.2) is 0 Å². The molecule has 0 bridgehead atoms. The number of allylic oxidation sites excluding steroid dienone is 1. The number of hydrogen-bond donors (Lipinski definition) is 1. The minimum absolute atomic E-state index is 0.726. The van der Waals surface area contributed by atoms with Crippen LogP contribution in [0.15, 0.2) is 11.6 Å². The Morgan fingerprint density at radius 3 is 3.00 bits per heavy atom. The van der Waals surface area contributed by atoms with E-state index in [2.05, 4.69) is 13.0 Å². The van der Waals surface area contributed by atoms with Gasteiger partial charge in [-0.05, 0) is 31.6 Å². The van der Waals surface area contributed by atoms with E-state index in [-0.39, 0.29) is 0 Å². The summed E-state index contributed by atoms with van der Waals surface area (Å²) in [4.78, 5) is 0. The highest BCUT2D eigenvalue weighted by atomic mass is 14.5. The second kappa shape index (κ2) is 4.55. The molecule has 1 fully saturated rings. The Morgan fingerprint density at radius 2 is 2.27 bits per heavy atom. The zero-order valence-electron chi connectivity index (χ0n) is 7.47. The summed E-state index contributed by atoms with van der Waals surface area (Å²) >= 11 is 0. The Hall–Kier alpha value is -0.300. The fourth-order valence-corrected chi connectivity index (χ4v) is 1.75. The summed E-state index contributed by atoms with van der Waals surface area (Å²) in [6, 6.07) is 0. The van der Waals surface area contributed by atoms with Crippen LogP contribution in [0.4, 0.5) is 0 Å². The van der Waals surface area contributed by atoms with Crippen LogP contribution in [-0.2, 0) is 0 Å². The molecule has 0 aromatic carbocycles. The molecule has 1 heteroatoms. The van der Waals surface area contributed by atoms with Gasteiger partial charge in [0.2, 0.25) is 0 Å². The molecule has 1 atom stereocenters. The van der Waals surface area contributed by atoms with Crippen molar-refractivity contribution in [3.8, 4) is 0 Å². The van der Waals surface area contributed by atoms with E-state index in [4.69, 9.17) is 5.73 Å². The molecule has 1 aliphatic rings. The van der Waals surface area contributed by atoms with Crippen molar-refractivity contribution in [3.63, 3.8) is 0 Å². The molecule has 1 nitrogen and oxygen atoms in total. The van der Waals surface area contributed by atoms with E-state index in [9.17, 15) is 0 Å². The van der Waals surface area contributed by atoms with Crippen LogP contribution in [0.5, 0.6) is 0 Å². The molecule has 1 rings (SSSR count). The SMILES string of the molecule is CC1CCC/C(=C\CN)CC1. The van der Waals surface area contributed by atoms with Gasteiger partial charge in [-0.15, -0.1) is 0 Å². The largest absolute Gasteiger partial charge is 0.327 e. The lowest BCUT2D eigenvalue weighted by Crippen LogP contribution is -1.95. The molecule has 0 aromatic rings. The van der Waals surface area contributed by atoms with Crippen molar-refractivity contribution in [2.45, 2.75) is 39.0 Å². The molecule has 1 unspecified atom stereocenters. The van der Waals surface area contributed by atoms with Crippen molar-refractivity contribution in [2.24, 2.45) is 11.7 Å². The van der Waals surface area contributed by atoms with Crippen LogP contribution in [0, 0.1) is 5.92 Å². The van der Waals surface area contributed by atoms with Crippen molar-refractivity contribution in [1.29, 1.82) is 0 Å².